The van der Waals surface area contributed by atoms with Crippen molar-refractivity contribution in [3.05, 3.63) is 53.6 Å². The first kappa shape index (κ1) is 18.2. The van der Waals surface area contributed by atoms with E-state index >= 15 is 0 Å². The Morgan fingerprint density at radius 1 is 1.07 bits per heavy atom. The molecule has 0 radical (unpaired) electrons. The largest absolute Gasteiger partial charge is 0.490 e. The van der Waals surface area contributed by atoms with Crippen LogP contribution in [0.5, 0.6) is 17.2 Å². The van der Waals surface area contributed by atoms with E-state index in [1.807, 2.05) is 18.2 Å². The standard InChI is InChI=1S/C23H29NO3/c1-2-8-19-18-10-4-3-9-17(18)15-20(19)24-13-5-6-14-25-21-11-7-12-22-23(21)27-16-26-22/h3-4,7,9-12,19-20,24H,2,5-6,8,13-16H2,1H3. The van der Waals surface area contributed by atoms with Gasteiger partial charge in [0.15, 0.2) is 11.5 Å². The van der Waals surface area contributed by atoms with E-state index in [2.05, 4.69) is 36.5 Å². The van der Waals surface area contributed by atoms with E-state index in [1.165, 1.54) is 18.4 Å². The molecule has 1 N–H and O–H groups in total. The summed E-state index contributed by atoms with van der Waals surface area (Å²) in [6.45, 7) is 4.30. The normalized spacial score (nSPS) is 19.9. The van der Waals surface area contributed by atoms with Crippen molar-refractivity contribution in [2.24, 2.45) is 0 Å². The lowest BCUT2D eigenvalue weighted by molar-refractivity contribution is 0.169. The van der Waals surface area contributed by atoms with Gasteiger partial charge in [-0.05, 0) is 61.4 Å². The van der Waals surface area contributed by atoms with E-state index in [4.69, 9.17) is 14.2 Å². The Bertz CT molecular complexity index is 761. The Hall–Kier alpha value is -2.20. The number of rotatable bonds is 9. The van der Waals surface area contributed by atoms with Crippen LogP contribution in [0.25, 0.3) is 0 Å². The maximum Gasteiger partial charge on any atom is 0.231 e. The number of benzene rings is 2. The van der Waals surface area contributed by atoms with Crippen molar-refractivity contribution < 1.29 is 14.2 Å². The van der Waals surface area contributed by atoms with Crippen LogP contribution in [0.3, 0.4) is 0 Å². The minimum Gasteiger partial charge on any atom is -0.490 e. The van der Waals surface area contributed by atoms with Gasteiger partial charge in [-0.25, -0.2) is 0 Å². The number of hydrogen-bond donors (Lipinski definition) is 1. The Kier molecular flexibility index (Phi) is 5.83. The van der Waals surface area contributed by atoms with Crippen LogP contribution in [-0.4, -0.2) is 26.0 Å². The van der Waals surface area contributed by atoms with Gasteiger partial charge in [0.1, 0.15) is 0 Å². The van der Waals surface area contributed by atoms with Crippen LogP contribution < -0.4 is 19.5 Å². The molecule has 0 saturated carbocycles. The van der Waals surface area contributed by atoms with Gasteiger partial charge in [-0.2, -0.15) is 0 Å². The molecule has 1 heterocycles. The van der Waals surface area contributed by atoms with E-state index in [-0.39, 0.29) is 6.79 Å². The summed E-state index contributed by atoms with van der Waals surface area (Å²) in [7, 11) is 0. The zero-order valence-electron chi connectivity index (χ0n) is 16.1. The average molecular weight is 367 g/mol. The first-order valence-electron chi connectivity index (χ1n) is 10.2. The Balaban J connectivity index is 1.20. The third kappa shape index (κ3) is 4.06. The number of hydrogen-bond acceptors (Lipinski definition) is 4. The van der Waals surface area contributed by atoms with Gasteiger partial charge in [-0.1, -0.05) is 43.7 Å². The maximum atomic E-state index is 5.90. The van der Waals surface area contributed by atoms with Crippen LogP contribution in [0.15, 0.2) is 42.5 Å². The highest BCUT2D eigenvalue weighted by Gasteiger charge is 2.30. The van der Waals surface area contributed by atoms with Gasteiger partial charge < -0.3 is 19.5 Å². The van der Waals surface area contributed by atoms with Gasteiger partial charge in [-0.15, -0.1) is 0 Å². The minimum atomic E-state index is 0.280. The summed E-state index contributed by atoms with van der Waals surface area (Å²) in [5.74, 6) is 2.96. The SMILES string of the molecule is CCCC1c2ccccc2CC1NCCCCOc1cccc2c1OCO2. The number of para-hydroxylation sites is 1. The second-order valence-corrected chi connectivity index (χ2v) is 7.40. The summed E-state index contributed by atoms with van der Waals surface area (Å²) in [6, 6.07) is 15.3. The molecule has 2 aliphatic rings. The molecule has 2 atom stereocenters. The molecule has 0 fully saturated rings. The molecule has 27 heavy (non-hydrogen) atoms. The van der Waals surface area contributed by atoms with Crippen LogP contribution in [0.1, 0.15) is 49.7 Å². The highest BCUT2D eigenvalue weighted by atomic mass is 16.7. The highest BCUT2D eigenvalue weighted by molar-refractivity contribution is 5.52. The second-order valence-electron chi connectivity index (χ2n) is 7.40. The van der Waals surface area contributed by atoms with Crippen LogP contribution >= 0.6 is 0 Å². The van der Waals surface area contributed by atoms with E-state index in [0.717, 1.165) is 43.1 Å². The van der Waals surface area contributed by atoms with Crippen molar-refractivity contribution in [1.82, 2.24) is 5.32 Å². The summed E-state index contributed by atoms with van der Waals surface area (Å²) in [5, 5.41) is 3.80. The van der Waals surface area contributed by atoms with Crippen molar-refractivity contribution in [3.63, 3.8) is 0 Å². The Morgan fingerprint density at radius 2 is 2.00 bits per heavy atom. The summed E-state index contributed by atoms with van der Waals surface area (Å²) in [5.41, 5.74) is 3.08. The maximum absolute atomic E-state index is 5.90. The van der Waals surface area contributed by atoms with Gasteiger partial charge in [0.25, 0.3) is 0 Å². The third-order valence-electron chi connectivity index (χ3n) is 5.58. The Morgan fingerprint density at radius 3 is 2.93 bits per heavy atom. The smallest absolute Gasteiger partial charge is 0.231 e. The van der Waals surface area contributed by atoms with Crippen LogP contribution in [-0.2, 0) is 6.42 Å². The lowest BCUT2D eigenvalue weighted by atomic mass is 9.93. The predicted molar refractivity (Wildman–Crippen MR) is 107 cm³/mol. The third-order valence-corrected chi connectivity index (χ3v) is 5.58. The molecule has 2 aromatic rings. The predicted octanol–water partition coefficient (Wildman–Crippen LogP) is 4.67. The fraction of sp³-hybridized carbons (Fsp3) is 0.478. The highest BCUT2D eigenvalue weighted by Crippen LogP contribution is 2.40. The first-order chi connectivity index (χ1) is 13.4. The fourth-order valence-corrected chi connectivity index (χ4v) is 4.27. The van der Waals surface area contributed by atoms with Crippen LogP contribution in [0.2, 0.25) is 0 Å². The van der Waals surface area contributed by atoms with Crippen molar-refractivity contribution in [2.45, 2.75) is 51.0 Å². The van der Waals surface area contributed by atoms with Crippen molar-refractivity contribution in [1.29, 1.82) is 0 Å². The molecule has 0 aromatic heterocycles. The van der Waals surface area contributed by atoms with Crippen LogP contribution in [0.4, 0.5) is 0 Å². The lowest BCUT2D eigenvalue weighted by Crippen LogP contribution is -2.33. The molecule has 4 nitrogen and oxygen atoms in total. The molecule has 4 heteroatoms. The Labute approximate surface area is 161 Å². The minimum absolute atomic E-state index is 0.280. The number of ether oxygens (including phenoxy) is 3. The number of nitrogens with one attached hydrogen (secondary N) is 1. The average Bonchev–Trinajstić information content (AvgIpc) is 3.30. The molecule has 2 aromatic carbocycles. The van der Waals surface area contributed by atoms with Gasteiger partial charge in [0, 0.05) is 6.04 Å². The monoisotopic (exact) mass is 367 g/mol. The van der Waals surface area contributed by atoms with Crippen molar-refractivity contribution in [2.75, 3.05) is 19.9 Å². The molecule has 0 bridgehead atoms. The zero-order valence-corrected chi connectivity index (χ0v) is 16.1. The lowest BCUT2D eigenvalue weighted by Gasteiger charge is -2.21. The molecule has 0 amide bonds. The molecule has 0 saturated heterocycles. The fourth-order valence-electron chi connectivity index (χ4n) is 4.27. The molecular formula is C23H29NO3. The summed E-state index contributed by atoms with van der Waals surface area (Å²) >= 11 is 0. The van der Waals surface area contributed by atoms with E-state index in [0.29, 0.717) is 18.6 Å². The second kappa shape index (κ2) is 8.66. The topological polar surface area (TPSA) is 39.7 Å². The van der Waals surface area contributed by atoms with Gasteiger partial charge in [0.05, 0.1) is 6.61 Å². The van der Waals surface area contributed by atoms with E-state index < -0.39 is 0 Å². The summed E-state index contributed by atoms with van der Waals surface area (Å²) < 4.78 is 16.8. The molecule has 4 rings (SSSR count). The van der Waals surface area contributed by atoms with Crippen molar-refractivity contribution in [3.8, 4) is 17.2 Å². The molecule has 1 aliphatic heterocycles. The quantitative estimate of drug-likeness (QED) is 0.654. The molecule has 0 spiro atoms. The first-order valence-corrected chi connectivity index (χ1v) is 10.2. The zero-order chi connectivity index (χ0) is 18.5. The summed E-state index contributed by atoms with van der Waals surface area (Å²) in [6.07, 6.45) is 5.79. The molecule has 2 unspecified atom stereocenters. The van der Waals surface area contributed by atoms with E-state index in [1.54, 1.807) is 5.56 Å². The van der Waals surface area contributed by atoms with Gasteiger partial charge in [-0.3, -0.25) is 0 Å². The van der Waals surface area contributed by atoms with Gasteiger partial charge >= 0.3 is 0 Å². The molecule has 1 aliphatic carbocycles. The van der Waals surface area contributed by atoms with Crippen LogP contribution in [0, 0.1) is 0 Å². The summed E-state index contributed by atoms with van der Waals surface area (Å²) in [4.78, 5) is 0. The number of fused-ring (bicyclic) bond motifs is 2. The molecule has 144 valence electrons. The number of unbranched alkanes of at least 4 members (excludes halogenated alkanes) is 1. The van der Waals surface area contributed by atoms with Gasteiger partial charge in [0.2, 0.25) is 12.5 Å². The molecular weight excluding hydrogens is 338 g/mol. The van der Waals surface area contributed by atoms with Crippen molar-refractivity contribution >= 4 is 0 Å². The van der Waals surface area contributed by atoms with E-state index in [9.17, 15) is 0 Å².